The van der Waals surface area contributed by atoms with Gasteiger partial charge >= 0.3 is 0 Å². The number of sulfonamides is 1. The van der Waals surface area contributed by atoms with Crippen LogP contribution in [0.3, 0.4) is 0 Å². The van der Waals surface area contributed by atoms with Crippen LogP contribution in [0.1, 0.15) is 43.4 Å². The maximum Gasteiger partial charge on any atom is 0.243 e. The van der Waals surface area contributed by atoms with Gasteiger partial charge in [-0.15, -0.1) is 0 Å². The Bertz CT molecular complexity index is 1510. The minimum absolute atomic E-state index is 0.117. The van der Waals surface area contributed by atoms with Gasteiger partial charge in [0.1, 0.15) is 11.5 Å². The van der Waals surface area contributed by atoms with Gasteiger partial charge in [0.15, 0.2) is 11.5 Å². The molecular weight excluding hydrogens is 570 g/mol. The van der Waals surface area contributed by atoms with E-state index in [-0.39, 0.29) is 49.2 Å². The highest BCUT2D eigenvalue weighted by Gasteiger charge is 2.30. The van der Waals surface area contributed by atoms with Crippen molar-refractivity contribution in [2.45, 2.75) is 51.1 Å². The van der Waals surface area contributed by atoms with Crippen molar-refractivity contribution in [3.63, 3.8) is 0 Å². The molecule has 10 nitrogen and oxygen atoms in total. The number of rotatable bonds is 11. The fraction of sp³-hybridized carbons (Fsp3) is 0.469. The average Bonchev–Trinajstić information content (AvgIpc) is 3.63. The number of furan rings is 1. The number of carbonyl (C=O) groups excluding carboxylic acids is 1. The Morgan fingerprint density at radius 3 is 2.33 bits per heavy atom. The molecule has 1 fully saturated rings. The topological polar surface area (TPSA) is 102 Å². The number of morpholine rings is 1. The van der Waals surface area contributed by atoms with E-state index in [1.54, 1.807) is 17.0 Å². The van der Waals surface area contributed by atoms with Crippen molar-refractivity contribution < 1.29 is 31.8 Å². The molecule has 1 amide bonds. The number of nitrogens with zero attached hydrogens (tertiary/aromatic N) is 3. The molecule has 3 aromatic rings. The first-order valence-corrected chi connectivity index (χ1v) is 16.1. The van der Waals surface area contributed by atoms with Gasteiger partial charge in [-0.3, -0.25) is 9.69 Å². The summed E-state index contributed by atoms with van der Waals surface area (Å²) in [4.78, 5) is 18.0. The van der Waals surface area contributed by atoms with Crippen molar-refractivity contribution in [3.8, 4) is 11.5 Å². The molecule has 0 N–H and O–H groups in total. The summed E-state index contributed by atoms with van der Waals surface area (Å²) < 4.78 is 51.6. The third kappa shape index (κ3) is 7.77. The quantitative estimate of drug-likeness (QED) is 0.319. The summed E-state index contributed by atoms with van der Waals surface area (Å²) in [6.07, 6.45) is 0. The van der Waals surface area contributed by atoms with Crippen LogP contribution < -0.4 is 9.47 Å². The maximum atomic E-state index is 14.0. The fourth-order valence-electron chi connectivity index (χ4n) is 5.14. The molecule has 1 saturated heterocycles. The summed E-state index contributed by atoms with van der Waals surface area (Å²) in [6, 6.07) is 16.2. The Morgan fingerprint density at radius 1 is 0.930 bits per heavy atom. The van der Waals surface area contributed by atoms with Crippen LogP contribution in [0.15, 0.2) is 63.9 Å². The van der Waals surface area contributed by atoms with Crippen LogP contribution in [0.4, 0.5) is 0 Å². The lowest BCUT2D eigenvalue weighted by Gasteiger charge is -2.31. The molecule has 0 bridgehead atoms. The Morgan fingerprint density at radius 2 is 1.65 bits per heavy atom. The van der Waals surface area contributed by atoms with E-state index in [1.807, 2.05) is 49.4 Å². The Labute approximate surface area is 254 Å². The van der Waals surface area contributed by atoms with Crippen molar-refractivity contribution in [1.82, 2.24) is 14.1 Å². The Hall–Kier alpha value is -3.38. The zero-order chi connectivity index (χ0) is 30.6. The Kier molecular flexibility index (Phi) is 9.45. The molecule has 2 aliphatic heterocycles. The largest absolute Gasteiger partial charge is 0.464 e. The van der Waals surface area contributed by atoms with Gasteiger partial charge in [-0.1, -0.05) is 39.0 Å². The predicted octanol–water partition coefficient (Wildman–Crippen LogP) is 4.17. The van der Waals surface area contributed by atoms with E-state index in [0.29, 0.717) is 37.0 Å². The number of fused-ring (bicyclic) bond motifs is 1. The monoisotopic (exact) mass is 611 g/mol. The number of hydrogen-bond donors (Lipinski definition) is 0. The minimum Gasteiger partial charge on any atom is -0.464 e. The highest BCUT2D eigenvalue weighted by molar-refractivity contribution is 7.89. The van der Waals surface area contributed by atoms with Gasteiger partial charge in [0.2, 0.25) is 22.7 Å². The van der Waals surface area contributed by atoms with E-state index in [2.05, 4.69) is 25.7 Å². The van der Waals surface area contributed by atoms with Crippen molar-refractivity contribution >= 4 is 15.9 Å². The van der Waals surface area contributed by atoms with E-state index in [1.165, 1.54) is 4.31 Å². The second kappa shape index (κ2) is 13.1. The summed E-state index contributed by atoms with van der Waals surface area (Å²) in [5.41, 5.74) is 1.75. The number of amides is 1. The molecule has 0 unspecified atom stereocenters. The van der Waals surface area contributed by atoms with Gasteiger partial charge in [0.05, 0.1) is 31.2 Å². The van der Waals surface area contributed by atoms with Crippen LogP contribution in [0, 0.1) is 6.92 Å². The third-order valence-electron chi connectivity index (χ3n) is 7.74. The van der Waals surface area contributed by atoms with Crippen molar-refractivity contribution in [1.29, 1.82) is 0 Å². The predicted molar refractivity (Wildman–Crippen MR) is 161 cm³/mol. The number of benzene rings is 2. The van der Waals surface area contributed by atoms with Crippen LogP contribution in [0.25, 0.3) is 0 Å². The fourth-order valence-corrected chi connectivity index (χ4v) is 6.52. The van der Waals surface area contributed by atoms with Gasteiger partial charge < -0.3 is 23.5 Å². The highest BCUT2D eigenvalue weighted by atomic mass is 32.2. The summed E-state index contributed by atoms with van der Waals surface area (Å²) in [5, 5.41) is 0. The van der Waals surface area contributed by atoms with E-state index in [4.69, 9.17) is 18.6 Å². The molecule has 3 heterocycles. The SMILES string of the molecule is Cc1ccc(CN(Cc2ccc3c(c2)OCO3)C(=O)CN(CCN2CCOCC2)S(=O)(=O)c2ccc(C(C)(C)C)cc2)o1. The summed E-state index contributed by atoms with van der Waals surface area (Å²) >= 11 is 0. The molecule has 43 heavy (non-hydrogen) atoms. The van der Waals surface area contributed by atoms with Crippen LogP contribution in [0.2, 0.25) is 0 Å². The first-order chi connectivity index (χ1) is 20.5. The van der Waals surface area contributed by atoms with Crippen LogP contribution in [-0.2, 0) is 38.1 Å². The van der Waals surface area contributed by atoms with Crippen molar-refractivity contribution in [2.75, 3.05) is 52.7 Å². The molecule has 0 radical (unpaired) electrons. The highest BCUT2D eigenvalue weighted by Crippen LogP contribution is 2.33. The standard InChI is InChI=1S/C32H41N3O7S/c1-24-5-9-27(42-24)21-34(20-25-6-12-29-30(19-25)41-23-40-29)31(36)22-35(14-13-33-15-17-39-18-16-33)43(37,38)28-10-7-26(8-11-28)32(2,3)4/h5-12,19H,13-18,20-23H2,1-4H3. The summed E-state index contributed by atoms with van der Waals surface area (Å²) in [7, 11) is -3.97. The third-order valence-corrected chi connectivity index (χ3v) is 9.60. The molecule has 0 spiro atoms. The lowest BCUT2D eigenvalue weighted by molar-refractivity contribution is -0.133. The smallest absolute Gasteiger partial charge is 0.243 e. The van der Waals surface area contributed by atoms with Gasteiger partial charge in [-0.05, 0) is 59.9 Å². The van der Waals surface area contributed by atoms with Crippen LogP contribution in [0.5, 0.6) is 11.5 Å². The van der Waals surface area contributed by atoms with Crippen molar-refractivity contribution in [2.24, 2.45) is 0 Å². The van der Waals surface area contributed by atoms with Gasteiger partial charge in [0, 0.05) is 32.7 Å². The number of hydrogen-bond acceptors (Lipinski definition) is 8. The van der Waals surface area contributed by atoms with E-state index >= 15 is 0 Å². The second-order valence-electron chi connectivity index (χ2n) is 12.0. The molecule has 2 aliphatic rings. The van der Waals surface area contributed by atoms with Crippen LogP contribution >= 0.6 is 0 Å². The number of carbonyl (C=O) groups is 1. The van der Waals surface area contributed by atoms with Gasteiger partial charge in [0.25, 0.3) is 0 Å². The lowest BCUT2D eigenvalue weighted by Crippen LogP contribution is -2.47. The van der Waals surface area contributed by atoms with Crippen LogP contribution in [-0.4, -0.2) is 81.2 Å². The molecule has 0 atom stereocenters. The number of aryl methyl sites for hydroxylation is 1. The molecule has 232 valence electrons. The molecule has 1 aromatic heterocycles. The van der Waals surface area contributed by atoms with E-state index in [0.717, 1.165) is 30.0 Å². The number of ether oxygens (including phenoxy) is 3. The maximum absolute atomic E-state index is 14.0. The molecule has 11 heteroatoms. The first-order valence-electron chi connectivity index (χ1n) is 14.6. The Balaban J connectivity index is 1.40. The van der Waals surface area contributed by atoms with Gasteiger partial charge in [-0.25, -0.2) is 8.42 Å². The van der Waals surface area contributed by atoms with E-state index < -0.39 is 10.0 Å². The van der Waals surface area contributed by atoms with E-state index in [9.17, 15) is 13.2 Å². The normalized spacial score (nSPS) is 15.7. The molecule has 5 rings (SSSR count). The summed E-state index contributed by atoms with van der Waals surface area (Å²) in [5.74, 6) is 2.29. The van der Waals surface area contributed by atoms with Gasteiger partial charge in [-0.2, -0.15) is 4.31 Å². The molecule has 0 aliphatic carbocycles. The zero-order valence-electron chi connectivity index (χ0n) is 25.4. The summed E-state index contributed by atoms with van der Waals surface area (Å²) in [6.45, 7) is 11.7. The average molecular weight is 612 g/mol. The second-order valence-corrected chi connectivity index (χ2v) is 14.0. The zero-order valence-corrected chi connectivity index (χ0v) is 26.2. The molecule has 0 saturated carbocycles. The first kappa shape index (κ1) is 31.1. The molecular formula is C32H41N3O7S. The molecule has 2 aromatic carbocycles. The minimum atomic E-state index is -3.97. The lowest BCUT2D eigenvalue weighted by atomic mass is 9.87. The van der Waals surface area contributed by atoms with Crippen molar-refractivity contribution in [3.05, 3.63) is 77.2 Å².